The number of alkyl halides is 3. The number of fused-ring (bicyclic) bond motifs is 1. The predicted molar refractivity (Wildman–Crippen MR) is 83.1 cm³/mol. The SMILES string of the molecule is Cc1[nH]c2ccccc2c1C(=O)Cn1cc(C(F)(F)F)ccc1=O. The Kier molecular flexibility index (Phi) is 3.79. The molecule has 124 valence electrons. The first-order chi connectivity index (χ1) is 11.3. The van der Waals surface area contributed by atoms with E-state index in [-0.39, 0.29) is 0 Å². The van der Waals surface area contributed by atoms with Crippen molar-refractivity contribution < 1.29 is 18.0 Å². The molecule has 0 atom stereocenters. The van der Waals surface area contributed by atoms with Gasteiger partial charge in [-0.25, -0.2) is 0 Å². The maximum absolute atomic E-state index is 12.8. The average molecular weight is 334 g/mol. The Morgan fingerprint density at radius 2 is 1.88 bits per heavy atom. The van der Waals surface area contributed by atoms with Gasteiger partial charge in [0, 0.05) is 34.4 Å². The van der Waals surface area contributed by atoms with Crippen LogP contribution in [-0.4, -0.2) is 15.3 Å². The van der Waals surface area contributed by atoms with E-state index in [4.69, 9.17) is 0 Å². The van der Waals surface area contributed by atoms with E-state index >= 15 is 0 Å². The molecule has 1 aromatic carbocycles. The first kappa shape index (κ1) is 16.0. The van der Waals surface area contributed by atoms with Gasteiger partial charge in [-0.05, 0) is 19.1 Å². The van der Waals surface area contributed by atoms with Gasteiger partial charge in [0.15, 0.2) is 5.78 Å². The second kappa shape index (κ2) is 5.67. The zero-order chi connectivity index (χ0) is 17.5. The maximum atomic E-state index is 12.8. The van der Waals surface area contributed by atoms with Crippen LogP contribution in [0.3, 0.4) is 0 Å². The Morgan fingerprint density at radius 3 is 2.58 bits per heavy atom. The predicted octanol–water partition coefficient (Wildman–Crippen LogP) is 3.54. The summed E-state index contributed by atoms with van der Waals surface area (Å²) in [6.07, 6.45) is -3.90. The van der Waals surface area contributed by atoms with Crippen LogP contribution in [0.5, 0.6) is 0 Å². The van der Waals surface area contributed by atoms with Gasteiger partial charge in [0.05, 0.1) is 12.1 Å². The van der Waals surface area contributed by atoms with E-state index in [1.807, 2.05) is 6.07 Å². The van der Waals surface area contributed by atoms with Gasteiger partial charge in [-0.15, -0.1) is 0 Å². The molecule has 0 amide bonds. The van der Waals surface area contributed by atoms with Gasteiger partial charge in [0.25, 0.3) is 5.56 Å². The minimum absolute atomic E-state index is 0.384. The Bertz CT molecular complexity index is 983. The molecular weight excluding hydrogens is 321 g/mol. The van der Waals surface area contributed by atoms with Gasteiger partial charge < -0.3 is 9.55 Å². The first-order valence-corrected chi connectivity index (χ1v) is 7.15. The fourth-order valence-corrected chi connectivity index (χ4v) is 2.69. The number of carbonyl (C=O) groups excluding carboxylic acids is 1. The topological polar surface area (TPSA) is 54.9 Å². The number of carbonyl (C=O) groups is 1. The van der Waals surface area contributed by atoms with Gasteiger partial charge in [-0.3, -0.25) is 9.59 Å². The number of pyridine rings is 1. The van der Waals surface area contributed by atoms with E-state index in [0.717, 1.165) is 16.2 Å². The van der Waals surface area contributed by atoms with Crippen LogP contribution in [0.1, 0.15) is 21.6 Å². The minimum Gasteiger partial charge on any atom is -0.358 e. The molecule has 0 bridgehead atoms. The van der Waals surface area contributed by atoms with Crippen LogP contribution in [-0.2, 0) is 12.7 Å². The summed E-state index contributed by atoms with van der Waals surface area (Å²) < 4.78 is 39.1. The molecule has 1 N–H and O–H groups in total. The number of nitrogens with one attached hydrogen (secondary N) is 1. The second-order valence-corrected chi connectivity index (χ2v) is 5.48. The molecule has 0 spiro atoms. The number of Topliss-reactive ketones (excluding diaryl/α,β-unsaturated/α-hetero) is 1. The van der Waals surface area contributed by atoms with Gasteiger partial charge in [-0.1, -0.05) is 18.2 Å². The third kappa shape index (κ3) is 2.84. The summed E-state index contributed by atoms with van der Waals surface area (Å²) in [7, 11) is 0. The number of aromatic nitrogens is 2. The highest BCUT2D eigenvalue weighted by molar-refractivity contribution is 6.09. The van der Waals surface area contributed by atoms with E-state index in [9.17, 15) is 22.8 Å². The highest BCUT2D eigenvalue weighted by Gasteiger charge is 2.31. The summed E-state index contributed by atoms with van der Waals surface area (Å²) in [5.41, 5.74) is 0.130. The number of para-hydroxylation sites is 1. The van der Waals surface area contributed by atoms with E-state index in [1.54, 1.807) is 25.1 Å². The van der Waals surface area contributed by atoms with Crippen molar-refractivity contribution in [2.75, 3.05) is 0 Å². The zero-order valence-corrected chi connectivity index (χ0v) is 12.6. The quantitative estimate of drug-likeness (QED) is 0.745. The lowest BCUT2D eigenvalue weighted by Crippen LogP contribution is -2.25. The summed E-state index contributed by atoms with van der Waals surface area (Å²) in [5.74, 6) is -0.425. The molecule has 2 aromatic heterocycles. The van der Waals surface area contributed by atoms with E-state index in [0.29, 0.717) is 28.9 Å². The number of ketones is 1. The van der Waals surface area contributed by atoms with Crippen LogP contribution >= 0.6 is 0 Å². The third-order valence-electron chi connectivity index (χ3n) is 3.80. The molecule has 2 heterocycles. The lowest BCUT2D eigenvalue weighted by molar-refractivity contribution is -0.138. The first-order valence-electron chi connectivity index (χ1n) is 7.15. The van der Waals surface area contributed by atoms with E-state index in [2.05, 4.69) is 4.98 Å². The van der Waals surface area contributed by atoms with Crippen LogP contribution in [0.25, 0.3) is 10.9 Å². The number of rotatable bonds is 3. The number of benzene rings is 1. The monoisotopic (exact) mass is 334 g/mol. The highest BCUT2D eigenvalue weighted by Crippen LogP contribution is 2.28. The van der Waals surface area contributed by atoms with E-state index < -0.39 is 29.6 Å². The van der Waals surface area contributed by atoms with Gasteiger partial charge in [0.2, 0.25) is 0 Å². The molecule has 0 radical (unpaired) electrons. The number of aryl methyl sites for hydroxylation is 1. The number of H-pyrrole nitrogens is 1. The molecule has 0 fully saturated rings. The van der Waals surface area contributed by atoms with Crippen molar-refractivity contribution in [2.24, 2.45) is 0 Å². The summed E-state index contributed by atoms with van der Waals surface area (Å²) >= 11 is 0. The summed E-state index contributed by atoms with van der Waals surface area (Å²) in [4.78, 5) is 27.4. The Hall–Kier alpha value is -2.83. The molecule has 0 saturated carbocycles. The molecule has 0 unspecified atom stereocenters. The summed E-state index contributed by atoms with van der Waals surface area (Å²) in [6, 6.07) is 8.65. The van der Waals surface area contributed by atoms with Crippen LogP contribution in [0.4, 0.5) is 13.2 Å². The Labute approximate surface area is 134 Å². The van der Waals surface area contributed by atoms with Crippen molar-refractivity contribution in [1.82, 2.24) is 9.55 Å². The van der Waals surface area contributed by atoms with Crippen LogP contribution in [0.2, 0.25) is 0 Å². The largest absolute Gasteiger partial charge is 0.417 e. The number of halogens is 3. The number of hydrogen-bond acceptors (Lipinski definition) is 2. The molecule has 7 heteroatoms. The van der Waals surface area contributed by atoms with Crippen molar-refractivity contribution in [3.05, 3.63) is 69.8 Å². The normalized spacial score (nSPS) is 11.8. The molecule has 24 heavy (non-hydrogen) atoms. The van der Waals surface area contributed by atoms with Crippen LogP contribution < -0.4 is 5.56 Å². The van der Waals surface area contributed by atoms with E-state index in [1.165, 1.54) is 0 Å². The minimum atomic E-state index is -4.57. The number of nitrogens with zero attached hydrogens (tertiary/aromatic N) is 1. The lowest BCUT2D eigenvalue weighted by Gasteiger charge is -2.10. The number of aromatic amines is 1. The van der Waals surface area contributed by atoms with Crippen molar-refractivity contribution in [1.29, 1.82) is 0 Å². The fraction of sp³-hybridized carbons (Fsp3) is 0.176. The van der Waals surface area contributed by atoms with Crippen LogP contribution in [0.15, 0.2) is 47.4 Å². The molecule has 4 nitrogen and oxygen atoms in total. The molecule has 0 aliphatic heterocycles. The molecule has 3 rings (SSSR count). The molecule has 0 aliphatic rings. The van der Waals surface area contributed by atoms with Crippen molar-refractivity contribution in [3.63, 3.8) is 0 Å². The standard InChI is InChI=1S/C17H13F3N2O2/c1-10-16(12-4-2-3-5-13(12)21-10)14(23)9-22-8-11(17(18,19)20)6-7-15(22)24/h2-8,21H,9H2,1H3. The smallest absolute Gasteiger partial charge is 0.358 e. The highest BCUT2D eigenvalue weighted by atomic mass is 19.4. The Balaban J connectivity index is 2.01. The molecule has 0 saturated heterocycles. The molecular formula is C17H13F3N2O2. The lowest BCUT2D eigenvalue weighted by atomic mass is 10.1. The maximum Gasteiger partial charge on any atom is 0.417 e. The molecule has 0 aliphatic carbocycles. The van der Waals surface area contributed by atoms with Gasteiger partial charge in [-0.2, -0.15) is 13.2 Å². The molecule has 3 aromatic rings. The van der Waals surface area contributed by atoms with Gasteiger partial charge in [0.1, 0.15) is 0 Å². The second-order valence-electron chi connectivity index (χ2n) is 5.48. The fourth-order valence-electron chi connectivity index (χ4n) is 2.69. The van der Waals surface area contributed by atoms with Crippen molar-refractivity contribution in [3.8, 4) is 0 Å². The average Bonchev–Trinajstić information content (AvgIpc) is 2.84. The number of hydrogen-bond donors (Lipinski definition) is 1. The van der Waals surface area contributed by atoms with Crippen LogP contribution in [0, 0.1) is 6.92 Å². The summed E-state index contributed by atoms with van der Waals surface area (Å²) in [6.45, 7) is 1.26. The third-order valence-corrected chi connectivity index (χ3v) is 3.80. The van der Waals surface area contributed by atoms with Crippen molar-refractivity contribution in [2.45, 2.75) is 19.6 Å². The van der Waals surface area contributed by atoms with Gasteiger partial charge >= 0.3 is 6.18 Å². The zero-order valence-electron chi connectivity index (χ0n) is 12.6. The Morgan fingerprint density at radius 1 is 1.17 bits per heavy atom. The summed E-state index contributed by atoms with van der Waals surface area (Å²) in [5, 5.41) is 0.681. The van der Waals surface area contributed by atoms with Crippen molar-refractivity contribution >= 4 is 16.7 Å².